The lowest BCUT2D eigenvalue weighted by Crippen LogP contribution is -2.40. The van der Waals surface area contributed by atoms with Gasteiger partial charge in [0, 0.05) is 49.9 Å². The monoisotopic (exact) mass is 486 g/mol. The Labute approximate surface area is 179 Å². The first-order chi connectivity index (χ1) is 12.1. The fourth-order valence-corrected chi connectivity index (χ4v) is 3.49. The molecular formula is C20H31IN4S. The maximum absolute atomic E-state index is 4.92. The third-order valence-corrected chi connectivity index (χ3v) is 5.26. The zero-order valence-corrected chi connectivity index (χ0v) is 19.3. The minimum absolute atomic E-state index is 0. The van der Waals surface area contributed by atoms with Crippen molar-refractivity contribution in [1.29, 1.82) is 0 Å². The van der Waals surface area contributed by atoms with Crippen LogP contribution in [-0.4, -0.2) is 42.5 Å². The Morgan fingerprint density at radius 3 is 2.69 bits per heavy atom. The number of rotatable bonds is 8. The van der Waals surface area contributed by atoms with Gasteiger partial charge in [0.25, 0.3) is 0 Å². The number of nitrogens with one attached hydrogen (secondary N) is 1. The number of thiophene rings is 1. The minimum atomic E-state index is 0. The Balaban J connectivity index is 0.00000338. The topological polar surface area (TPSA) is 40.5 Å². The summed E-state index contributed by atoms with van der Waals surface area (Å²) in [5.41, 5.74) is 1.26. The summed E-state index contributed by atoms with van der Waals surface area (Å²) in [6.45, 7) is 9.23. The van der Waals surface area contributed by atoms with E-state index in [2.05, 4.69) is 66.6 Å². The maximum atomic E-state index is 4.92. The molecule has 1 N–H and O–H groups in total. The molecule has 0 saturated carbocycles. The first-order valence-corrected chi connectivity index (χ1v) is 9.91. The highest BCUT2D eigenvalue weighted by atomic mass is 127. The van der Waals surface area contributed by atoms with Crippen molar-refractivity contribution in [1.82, 2.24) is 15.2 Å². The quantitative estimate of drug-likeness (QED) is 0.336. The van der Waals surface area contributed by atoms with Crippen molar-refractivity contribution >= 4 is 41.3 Å². The second kappa shape index (κ2) is 12.3. The lowest BCUT2D eigenvalue weighted by atomic mass is 9.89. The Morgan fingerprint density at radius 1 is 1.31 bits per heavy atom. The molecule has 4 nitrogen and oxygen atoms in total. The number of hydrogen-bond acceptors (Lipinski definition) is 3. The summed E-state index contributed by atoms with van der Waals surface area (Å²) in [4.78, 5) is 12.8. The molecule has 0 aliphatic carbocycles. The average Bonchev–Trinajstić information content (AvgIpc) is 3.13. The van der Waals surface area contributed by atoms with Crippen LogP contribution in [0.4, 0.5) is 0 Å². The van der Waals surface area contributed by atoms with Crippen LogP contribution in [0.15, 0.2) is 47.0 Å². The van der Waals surface area contributed by atoms with E-state index in [1.165, 1.54) is 10.4 Å². The van der Waals surface area contributed by atoms with Gasteiger partial charge in [-0.15, -0.1) is 35.3 Å². The van der Waals surface area contributed by atoms with Gasteiger partial charge in [0.1, 0.15) is 0 Å². The van der Waals surface area contributed by atoms with E-state index in [-0.39, 0.29) is 24.0 Å². The summed E-state index contributed by atoms with van der Waals surface area (Å²) in [5, 5.41) is 5.56. The van der Waals surface area contributed by atoms with Gasteiger partial charge in [0.05, 0.1) is 0 Å². The van der Waals surface area contributed by atoms with Gasteiger partial charge in [0.15, 0.2) is 5.96 Å². The SMILES string of the molecule is CCNC(=NCC(c1cccnc1)C(C)C)N(C)CCc1cccs1.I. The van der Waals surface area contributed by atoms with E-state index in [9.17, 15) is 0 Å². The van der Waals surface area contributed by atoms with Gasteiger partial charge in [-0.3, -0.25) is 9.98 Å². The molecule has 0 bridgehead atoms. The summed E-state index contributed by atoms with van der Waals surface area (Å²) in [6, 6.07) is 8.47. The normalized spacial score (nSPS) is 12.6. The highest BCUT2D eigenvalue weighted by Crippen LogP contribution is 2.24. The summed E-state index contributed by atoms with van der Waals surface area (Å²) >= 11 is 1.82. The Bertz CT molecular complexity index is 629. The molecule has 0 amide bonds. The zero-order valence-electron chi connectivity index (χ0n) is 16.2. The fraction of sp³-hybridized carbons (Fsp3) is 0.500. The standard InChI is InChI=1S/C20H30N4S.HI/c1-5-22-20(24(4)12-10-18-9-7-13-25-18)23-15-19(16(2)3)17-8-6-11-21-14-17;/h6-9,11,13-14,16,19H,5,10,12,15H2,1-4H3,(H,22,23);1H. The predicted octanol–water partition coefficient (Wildman–Crippen LogP) is 4.64. The van der Waals surface area contributed by atoms with Crippen molar-refractivity contribution in [3.05, 3.63) is 52.5 Å². The van der Waals surface area contributed by atoms with E-state index in [0.717, 1.165) is 32.0 Å². The number of halogens is 1. The molecule has 0 saturated heterocycles. The van der Waals surface area contributed by atoms with E-state index in [1.54, 1.807) is 0 Å². The molecule has 2 rings (SSSR count). The van der Waals surface area contributed by atoms with E-state index in [0.29, 0.717) is 11.8 Å². The molecule has 144 valence electrons. The lowest BCUT2D eigenvalue weighted by molar-refractivity contribution is 0.472. The van der Waals surface area contributed by atoms with Crippen molar-refractivity contribution in [2.75, 3.05) is 26.7 Å². The van der Waals surface area contributed by atoms with Crippen LogP contribution in [0.25, 0.3) is 0 Å². The van der Waals surface area contributed by atoms with Gasteiger partial charge in [-0.1, -0.05) is 26.0 Å². The average molecular weight is 486 g/mol. The molecule has 0 spiro atoms. The number of aromatic nitrogens is 1. The van der Waals surface area contributed by atoms with E-state index in [1.807, 2.05) is 29.8 Å². The molecule has 0 aliphatic rings. The van der Waals surface area contributed by atoms with Gasteiger partial charge in [-0.25, -0.2) is 0 Å². The Morgan fingerprint density at radius 2 is 2.12 bits per heavy atom. The molecule has 0 fully saturated rings. The highest BCUT2D eigenvalue weighted by Gasteiger charge is 2.16. The molecule has 6 heteroatoms. The molecule has 1 atom stereocenters. The lowest BCUT2D eigenvalue weighted by Gasteiger charge is -2.24. The van der Waals surface area contributed by atoms with Crippen LogP contribution in [-0.2, 0) is 6.42 Å². The first kappa shape index (κ1) is 22.9. The molecule has 26 heavy (non-hydrogen) atoms. The zero-order chi connectivity index (χ0) is 18.1. The number of guanidine groups is 1. The summed E-state index contributed by atoms with van der Waals surface area (Å²) in [5.74, 6) is 1.88. The van der Waals surface area contributed by atoms with Gasteiger partial charge >= 0.3 is 0 Å². The van der Waals surface area contributed by atoms with Crippen LogP contribution in [0.3, 0.4) is 0 Å². The number of nitrogens with zero attached hydrogens (tertiary/aromatic N) is 3. The summed E-state index contributed by atoms with van der Waals surface area (Å²) < 4.78 is 0. The largest absolute Gasteiger partial charge is 0.357 e. The first-order valence-electron chi connectivity index (χ1n) is 9.03. The van der Waals surface area contributed by atoms with Crippen LogP contribution < -0.4 is 5.32 Å². The molecule has 2 aromatic rings. The fourth-order valence-electron chi connectivity index (χ4n) is 2.79. The predicted molar refractivity (Wildman–Crippen MR) is 124 cm³/mol. The van der Waals surface area contributed by atoms with E-state index < -0.39 is 0 Å². The molecule has 0 aliphatic heterocycles. The molecule has 1 unspecified atom stereocenters. The van der Waals surface area contributed by atoms with Gasteiger partial charge < -0.3 is 10.2 Å². The molecule has 0 aromatic carbocycles. The molecule has 0 radical (unpaired) electrons. The summed E-state index contributed by atoms with van der Waals surface area (Å²) in [7, 11) is 2.11. The highest BCUT2D eigenvalue weighted by molar-refractivity contribution is 14.0. The third-order valence-electron chi connectivity index (χ3n) is 4.33. The van der Waals surface area contributed by atoms with Crippen molar-refractivity contribution in [3.63, 3.8) is 0 Å². The van der Waals surface area contributed by atoms with E-state index in [4.69, 9.17) is 4.99 Å². The summed E-state index contributed by atoms with van der Waals surface area (Å²) in [6.07, 6.45) is 4.84. The number of pyridine rings is 1. The van der Waals surface area contributed by atoms with Crippen LogP contribution >= 0.6 is 35.3 Å². The van der Waals surface area contributed by atoms with Crippen molar-refractivity contribution in [2.45, 2.75) is 33.1 Å². The number of aliphatic imine (C=N–C) groups is 1. The second-order valence-corrected chi connectivity index (χ2v) is 7.61. The minimum Gasteiger partial charge on any atom is -0.357 e. The van der Waals surface area contributed by atoms with E-state index >= 15 is 0 Å². The van der Waals surface area contributed by atoms with Crippen LogP contribution in [0.2, 0.25) is 0 Å². The second-order valence-electron chi connectivity index (χ2n) is 6.58. The Kier molecular flexibility index (Phi) is 10.8. The third kappa shape index (κ3) is 7.23. The van der Waals surface area contributed by atoms with Crippen molar-refractivity contribution in [3.8, 4) is 0 Å². The van der Waals surface area contributed by atoms with Crippen LogP contribution in [0.5, 0.6) is 0 Å². The van der Waals surface area contributed by atoms with Gasteiger partial charge in [-0.2, -0.15) is 0 Å². The number of hydrogen-bond donors (Lipinski definition) is 1. The van der Waals surface area contributed by atoms with Crippen LogP contribution in [0.1, 0.15) is 37.1 Å². The smallest absolute Gasteiger partial charge is 0.193 e. The number of likely N-dealkylation sites (N-methyl/N-ethyl adjacent to an activating group) is 1. The maximum Gasteiger partial charge on any atom is 0.193 e. The van der Waals surface area contributed by atoms with Crippen LogP contribution in [0, 0.1) is 5.92 Å². The van der Waals surface area contributed by atoms with Crippen molar-refractivity contribution < 1.29 is 0 Å². The molecular weight excluding hydrogens is 455 g/mol. The Hall–Kier alpha value is -1.15. The van der Waals surface area contributed by atoms with Gasteiger partial charge in [0.2, 0.25) is 0 Å². The van der Waals surface area contributed by atoms with Crippen molar-refractivity contribution in [2.24, 2.45) is 10.9 Å². The molecule has 2 aromatic heterocycles. The molecule has 2 heterocycles. The van der Waals surface area contributed by atoms with Gasteiger partial charge in [-0.05, 0) is 42.3 Å².